The predicted octanol–water partition coefficient (Wildman–Crippen LogP) is 1.39. The van der Waals surface area contributed by atoms with Gasteiger partial charge in [0.2, 0.25) is 0 Å². The average Bonchev–Trinajstić information content (AvgIpc) is 2.71. The minimum atomic E-state index is 0.580. The smallest absolute Gasteiger partial charge is 0.152 e. The summed E-state index contributed by atoms with van der Waals surface area (Å²) >= 11 is 0. The number of aromatic nitrogens is 3. The number of rotatable bonds is 3. The van der Waals surface area contributed by atoms with Gasteiger partial charge in [0, 0.05) is 6.42 Å². The zero-order chi connectivity index (χ0) is 11.5. The average molecular weight is 216 g/mol. The molecule has 0 saturated heterocycles. The van der Waals surface area contributed by atoms with Gasteiger partial charge in [-0.1, -0.05) is 12.1 Å². The molecule has 84 valence electrons. The molecule has 16 heavy (non-hydrogen) atoms. The summed E-state index contributed by atoms with van der Waals surface area (Å²) in [5, 5.41) is 4.40. The molecule has 0 fully saturated rings. The molecule has 4 nitrogen and oxygen atoms in total. The lowest BCUT2D eigenvalue weighted by atomic mass is 10.1. The third-order valence-electron chi connectivity index (χ3n) is 2.73. The van der Waals surface area contributed by atoms with E-state index in [-0.39, 0.29) is 0 Å². The quantitative estimate of drug-likeness (QED) is 0.843. The van der Waals surface area contributed by atoms with Crippen LogP contribution in [0, 0.1) is 13.8 Å². The Kier molecular flexibility index (Phi) is 3.01. The molecule has 2 aromatic rings. The van der Waals surface area contributed by atoms with E-state index in [4.69, 9.17) is 5.73 Å². The molecular weight excluding hydrogens is 200 g/mol. The minimum absolute atomic E-state index is 0.580. The van der Waals surface area contributed by atoms with Gasteiger partial charge in [0.25, 0.3) is 0 Å². The molecule has 2 N–H and O–H groups in total. The largest absolute Gasteiger partial charge is 0.330 e. The van der Waals surface area contributed by atoms with Gasteiger partial charge >= 0.3 is 0 Å². The van der Waals surface area contributed by atoms with Crippen LogP contribution in [-0.2, 0) is 6.42 Å². The number of hydrogen-bond acceptors (Lipinski definition) is 3. The van der Waals surface area contributed by atoms with Gasteiger partial charge in [-0.25, -0.2) is 9.67 Å². The third-order valence-corrected chi connectivity index (χ3v) is 2.73. The topological polar surface area (TPSA) is 56.7 Å². The fourth-order valence-corrected chi connectivity index (χ4v) is 1.64. The molecule has 0 atom stereocenters. The van der Waals surface area contributed by atoms with Gasteiger partial charge in [0.15, 0.2) is 5.82 Å². The normalized spacial score (nSPS) is 10.7. The van der Waals surface area contributed by atoms with E-state index in [1.807, 2.05) is 16.8 Å². The number of hydrogen-bond donors (Lipinski definition) is 1. The van der Waals surface area contributed by atoms with Crippen molar-refractivity contribution in [3.05, 3.63) is 41.5 Å². The summed E-state index contributed by atoms with van der Waals surface area (Å²) in [4.78, 5) is 4.22. The van der Waals surface area contributed by atoms with Crippen molar-refractivity contribution < 1.29 is 0 Å². The summed E-state index contributed by atoms with van der Waals surface area (Å²) in [6, 6.07) is 6.17. The molecular formula is C12H16N4. The Morgan fingerprint density at radius 1 is 1.31 bits per heavy atom. The van der Waals surface area contributed by atoms with Crippen molar-refractivity contribution in [3.63, 3.8) is 0 Å². The van der Waals surface area contributed by atoms with Crippen molar-refractivity contribution in [2.75, 3.05) is 6.54 Å². The van der Waals surface area contributed by atoms with Crippen LogP contribution < -0.4 is 5.73 Å². The molecule has 0 aliphatic rings. The Bertz CT molecular complexity index is 488. The second-order valence-corrected chi connectivity index (χ2v) is 3.86. The van der Waals surface area contributed by atoms with Gasteiger partial charge in [-0.15, -0.1) is 0 Å². The zero-order valence-corrected chi connectivity index (χ0v) is 9.64. The van der Waals surface area contributed by atoms with Crippen LogP contribution in [0.5, 0.6) is 0 Å². The molecule has 1 heterocycles. The Labute approximate surface area is 95.1 Å². The van der Waals surface area contributed by atoms with E-state index in [1.165, 1.54) is 11.1 Å². The lowest BCUT2D eigenvalue weighted by Gasteiger charge is -2.07. The number of nitrogens with two attached hydrogens (primary N) is 1. The van der Waals surface area contributed by atoms with E-state index < -0.39 is 0 Å². The fraction of sp³-hybridized carbons (Fsp3) is 0.333. The maximum Gasteiger partial charge on any atom is 0.152 e. The minimum Gasteiger partial charge on any atom is -0.330 e. The molecule has 0 aliphatic heterocycles. The first-order chi connectivity index (χ1) is 7.72. The molecule has 0 aliphatic carbocycles. The lowest BCUT2D eigenvalue weighted by Crippen LogP contribution is -2.05. The van der Waals surface area contributed by atoms with Crippen LogP contribution in [0.15, 0.2) is 24.5 Å². The number of benzene rings is 1. The van der Waals surface area contributed by atoms with Gasteiger partial charge in [0.05, 0.1) is 5.69 Å². The molecule has 0 radical (unpaired) electrons. The monoisotopic (exact) mass is 216 g/mol. The van der Waals surface area contributed by atoms with Crippen LogP contribution in [0.2, 0.25) is 0 Å². The highest BCUT2D eigenvalue weighted by Crippen LogP contribution is 2.16. The van der Waals surface area contributed by atoms with Crippen LogP contribution in [-0.4, -0.2) is 21.3 Å². The maximum atomic E-state index is 5.47. The standard InChI is InChI=1S/C12H16N4/c1-9-4-3-5-11(10(9)2)16-8-14-12(15-16)6-7-13/h3-5,8H,6-7,13H2,1-2H3. The van der Waals surface area contributed by atoms with Gasteiger partial charge in [-0.2, -0.15) is 5.10 Å². The molecule has 1 aromatic carbocycles. The van der Waals surface area contributed by atoms with Crippen LogP contribution in [0.1, 0.15) is 17.0 Å². The van der Waals surface area contributed by atoms with Crippen LogP contribution in [0.25, 0.3) is 5.69 Å². The van der Waals surface area contributed by atoms with E-state index in [1.54, 1.807) is 6.33 Å². The van der Waals surface area contributed by atoms with Crippen LogP contribution in [0.3, 0.4) is 0 Å². The van der Waals surface area contributed by atoms with Gasteiger partial charge in [0.1, 0.15) is 6.33 Å². The predicted molar refractivity (Wildman–Crippen MR) is 63.6 cm³/mol. The van der Waals surface area contributed by atoms with E-state index in [0.717, 1.165) is 17.9 Å². The van der Waals surface area contributed by atoms with Gasteiger partial charge in [-0.05, 0) is 37.6 Å². The van der Waals surface area contributed by atoms with E-state index in [9.17, 15) is 0 Å². The number of aryl methyl sites for hydroxylation is 1. The van der Waals surface area contributed by atoms with Crippen molar-refractivity contribution in [2.45, 2.75) is 20.3 Å². The summed E-state index contributed by atoms with van der Waals surface area (Å²) in [5.41, 5.74) is 9.04. The Morgan fingerprint density at radius 2 is 2.12 bits per heavy atom. The first-order valence-electron chi connectivity index (χ1n) is 5.39. The molecule has 0 unspecified atom stereocenters. The molecule has 0 amide bonds. The van der Waals surface area contributed by atoms with Gasteiger partial charge < -0.3 is 5.73 Å². The Balaban J connectivity index is 2.39. The summed E-state index contributed by atoms with van der Waals surface area (Å²) in [6.07, 6.45) is 2.46. The third kappa shape index (κ3) is 1.97. The molecule has 2 rings (SSSR count). The molecule has 4 heteroatoms. The van der Waals surface area contributed by atoms with E-state index >= 15 is 0 Å². The summed E-state index contributed by atoms with van der Waals surface area (Å²) in [6.45, 7) is 4.77. The van der Waals surface area contributed by atoms with Crippen LogP contribution >= 0.6 is 0 Å². The van der Waals surface area contributed by atoms with Gasteiger partial charge in [-0.3, -0.25) is 0 Å². The van der Waals surface area contributed by atoms with Crippen molar-refractivity contribution in [1.82, 2.24) is 14.8 Å². The second kappa shape index (κ2) is 4.45. The maximum absolute atomic E-state index is 5.47. The van der Waals surface area contributed by atoms with Crippen molar-refractivity contribution in [1.29, 1.82) is 0 Å². The first-order valence-corrected chi connectivity index (χ1v) is 5.39. The Hall–Kier alpha value is -1.68. The summed E-state index contributed by atoms with van der Waals surface area (Å²) < 4.78 is 1.81. The molecule has 0 saturated carbocycles. The molecule has 1 aromatic heterocycles. The highest BCUT2D eigenvalue weighted by atomic mass is 15.3. The molecule has 0 spiro atoms. The van der Waals surface area contributed by atoms with Crippen molar-refractivity contribution in [3.8, 4) is 5.69 Å². The molecule has 0 bridgehead atoms. The highest BCUT2D eigenvalue weighted by molar-refractivity contribution is 5.43. The van der Waals surface area contributed by atoms with E-state index in [2.05, 4.69) is 30.0 Å². The van der Waals surface area contributed by atoms with Crippen molar-refractivity contribution in [2.24, 2.45) is 5.73 Å². The van der Waals surface area contributed by atoms with E-state index in [0.29, 0.717) is 6.54 Å². The fourth-order valence-electron chi connectivity index (χ4n) is 1.64. The second-order valence-electron chi connectivity index (χ2n) is 3.86. The highest BCUT2D eigenvalue weighted by Gasteiger charge is 2.05. The van der Waals surface area contributed by atoms with Crippen molar-refractivity contribution >= 4 is 0 Å². The number of nitrogens with zero attached hydrogens (tertiary/aromatic N) is 3. The summed E-state index contributed by atoms with van der Waals surface area (Å²) in [7, 11) is 0. The lowest BCUT2D eigenvalue weighted by molar-refractivity contribution is 0.812. The first kappa shape index (κ1) is 10.8. The summed E-state index contributed by atoms with van der Waals surface area (Å²) in [5.74, 6) is 0.795. The zero-order valence-electron chi connectivity index (χ0n) is 9.64. The Morgan fingerprint density at radius 3 is 2.88 bits per heavy atom. The van der Waals surface area contributed by atoms with Crippen LogP contribution in [0.4, 0.5) is 0 Å². The SMILES string of the molecule is Cc1cccc(-n2cnc(CCN)n2)c1C.